The first-order valence-corrected chi connectivity index (χ1v) is 15.1. The molecule has 1 unspecified atom stereocenters. The van der Waals surface area contributed by atoms with Crippen LogP contribution in [0.15, 0.2) is 43.0 Å². The molecule has 0 spiro atoms. The molecule has 0 saturated carbocycles. The first-order chi connectivity index (χ1) is 16.5. The number of carbonyl (C=O) groups excluding carboxylic acids is 1. The van der Waals surface area contributed by atoms with E-state index in [0.29, 0.717) is 18.7 Å². The molecule has 3 aromatic rings. The molecule has 0 amide bonds. The average Bonchev–Trinajstić information content (AvgIpc) is 3.40. The van der Waals surface area contributed by atoms with Gasteiger partial charge in [0.2, 0.25) is 0 Å². The van der Waals surface area contributed by atoms with Crippen LogP contribution < -0.4 is 0 Å². The van der Waals surface area contributed by atoms with Gasteiger partial charge in [-0.05, 0) is 23.7 Å². The summed E-state index contributed by atoms with van der Waals surface area (Å²) >= 11 is 0. The molecule has 1 aliphatic rings. The third-order valence-corrected chi connectivity index (χ3v) is 11.8. The Bertz CT molecular complexity index is 1180. The molecule has 0 radical (unpaired) electrons. The number of hydrogen-bond donors (Lipinski definition) is 0. The van der Waals surface area contributed by atoms with Gasteiger partial charge in [0.05, 0.1) is 18.6 Å². The Labute approximate surface area is 208 Å². The first kappa shape index (κ1) is 25.5. The zero-order chi connectivity index (χ0) is 25.4. The fraction of sp³-hybridized carbons (Fsp3) is 0.538. The number of carbonyl (C=O) groups is 1. The zero-order valence-corrected chi connectivity index (χ0v) is 22.7. The van der Waals surface area contributed by atoms with Gasteiger partial charge in [-0.15, -0.1) is 0 Å². The molecule has 9 heteroatoms. The van der Waals surface area contributed by atoms with E-state index >= 15 is 0 Å². The Morgan fingerprint density at radius 3 is 2.57 bits per heavy atom. The van der Waals surface area contributed by atoms with E-state index in [9.17, 15) is 4.79 Å². The van der Waals surface area contributed by atoms with Crippen molar-refractivity contribution in [3.05, 3.63) is 54.2 Å². The molecule has 35 heavy (non-hydrogen) atoms. The molecule has 3 heterocycles. The SMILES string of the molecule is CC(=O)O[C@H]1C[C@H](n2cnc3c(C(C)c4ccccc4)ncnc32)O[C@@H]1CO[Si](C)(C)C(C)(C)C. The second kappa shape index (κ2) is 9.79. The fourth-order valence-corrected chi connectivity index (χ4v) is 5.18. The van der Waals surface area contributed by atoms with Crippen LogP contribution in [0.5, 0.6) is 0 Å². The van der Waals surface area contributed by atoms with Crippen LogP contribution in [-0.2, 0) is 18.7 Å². The van der Waals surface area contributed by atoms with Gasteiger partial charge in [-0.25, -0.2) is 15.0 Å². The molecule has 1 aromatic carbocycles. The van der Waals surface area contributed by atoms with Gasteiger partial charge in [-0.1, -0.05) is 58.0 Å². The number of imidazole rings is 1. The molecule has 4 rings (SSSR count). The quantitative estimate of drug-likeness (QED) is 0.327. The summed E-state index contributed by atoms with van der Waals surface area (Å²) in [5, 5.41) is 0.0747. The standard InChI is InChI=1S/C26H36N4O4Si/c1-17(19-11-9-8-10-12-19)23-24-25(28-15-27-23)30(16-29-24)22-13-20(33-18(2)31)21(34-22)14-32-35(6,7)26(3,4)5/h8-12,15-17,20-22H,13-14H2,1-7H3/t17?,20-,21+,22+/m0/s1. The molecule has 0 bridgehead atoms. The lowest BCUT2D eigenvalue weighted by Gasteiger charge is -2.37. The summed E-state index contributed by atoms with van der Waals surface area (Å²) in [7, 11) is -1.99. The smallest absolute Gasteiger partial charge is 0.302 e. The average molecular weight is 497 g/mol. The van der Waals surface area contributed by atoms with Crippen LogP contribution in [0.3, 0.4) is 0 Å². The largest absolute Gasteiger partial charge is 0.460 e. The van der Waals surface area contributed by atoms with Crippen molar-refractivity contribution in [2.75, 3.05) is 6.61 Å². The topological polar surface area (TPSA) is 88.4 Å². The summed E-state index contributed by atoms with van der Waals surface area (Å²) in [6.07, 6.45) is 2.69. The number of rotatable bonds is 7. The second-order valence-corrected chi connectivity index (χ2v) is 15.6. The highest BCUT2D eigenvalue weighted by Gasteiger charge is 2.43. The van der Waals surface area contributed by atoms with Gasteiger partial charge >= 0.3 is 5.97 Å². The van der Waals surface area contributed by atoms with E-state index in [1.807, 2.05) is 22.8 Å². The number of ether oxygens (including phenoxy) is 2. The van der Waals surface area contributed by atoms with Crippen molar-refractivity contribution in [3.8, 4) is 0 Å². The highest BCUT2D eigenvalue weighted by Crippen LogP contribution is 2.39. The van der Waals surface area contributed by atoms with Crippen LogP contribution in [-0.4, -0.2) is 52.6 Å². The summed E-state index contributed by atoms with van der Waals surface area (Å²) in [6, 6.07) is 10.2. The molecule has 1 aliphatic heterocycles. The van der Waals surface area contributed by atoms with Gasteiger partial charge in [0.1, 0.15) is 30.3 Å². The Hall–Kier alpha value is -2.62. The minimum absolute atomic E-state index is 0.0640. The number of hydrogen-bond acceptors (Lipinski definition) is 7. The Kier molecular flexibility index (Phi) is 7.13. The van der Waals surface area contributed by atoms with E-state index in [1.54, 1.807) is 12.7 Å². The Morgan fingerprint density at radius 1 is 1.20 bits per heavy atom. The lowest BCUT2D eigenvalue weighted by molar-refractivity contribution is -0.150. The predicted octanol–water partition coefficient (Wildman–Crippen LogP) is 5.22. The van der Waals surface area contributed by atoms with Crippen molar-refractivity contribution in [2.24, 2.45) is 0 Å². The summed E-state index contributed by atoms with van der Waals surface area (Å²) in [5.74, 6) is -0.262. The van der Waals surface area contributed by atoms with Gasteiger partial charge in [0.15, 0.2) is 14.0 Å². The lowest BCUT2D eigenvalue weighted by Crippen LogP contribution is -2.44. The van der Waals surface area contributed by atoms with Crippen molar-refractivity contribution in [1.82, 2.24) is 19.5 Å². The van der Waals surface area contributed by atoms with Gasteiger partial charge in [0.25, 0.3) is 0 Å². The van der Waals surface area contributed by atoms with Crippen LogP contribution >= 0.6 is 0 Å². The highest BCUT2D eigenvalue weighted by atomic mass is 28.4. The third-order valence-electron chi connectivity index (χ3n) is 7.32. The number of fused-ring (bicyclic) bond motifs is 1. The first-order valence-electron chi connectivity index (χ1n) is 12.2. The van der Waals surface area contributed by atoms with E-state index in [1.165, 1.54) is 6.92 Å². The summed E-state index contributed by atoms with van der Waals surface area (Å²) in [6.45, 7) is 14.9. The lowest BCUT2D eigenvalue weighted by atomic mass is 9.97. The molecule has 0 N–H and O–H groups in total. The van der Waals surface area contributed by atoms with Crippen molar-refractivity contribution < 1.29 is 18.7 Å². The van der Waals surface area contributed by atoms with Gasteiger partial charge in [-0.2, -0.15) is 0 Å². The van der Waals surface area contributed by atoms with Crippen molar-refractivity contribution in [3.63, 3.8) is 0 Å². The van der Waals surface area contributed by atoms with Crippen LogP contribution in [0, 0.1) is 0 Å². The molecule has 1 fully saturated rings. The summed E-state index contributed by atoms with van der Waals surface area (Å²) in [5.41, 5.74) is 3.48. The van der Waals surface area contributed by atoms with Crippen LogP contribution in [0.25, 0.3) is 11.2 Å². The summed E-state index contributed by atoms with van der Waals surface area (Å²) < 4.78 is 20.4. The van der Waals surface area contributed by atoms with Gasteiger partial charge < -0.3 is 13.9 Å². The van der Waals surface area contributed by atoms with Gasteiger partial charge in [-0.3, -0.25) is 9.36 Å². The molecule has 2 aromatic heterocycles. The maximum atomic E-state index is 11.8. The second-order valence-electron chi connectivity index (χ2n) is 10.8. The van der Waals surface area contributed by atoms with E-state index in [-0.39, 0.29) is 29.3 Å². The monoisotopic (exact) mass is 496 g/mol. The van der Waals surface area contributed by atoms with Crippen molar-refractivity contribution in [2.45, 2.75) is 83.5 Å². The molecule has 1 saturated heterocycles. The van der Waals surface area contributed by atoms with Crippen molar-refractivity contribution >= 4 is 25.5 Å². The van der Waals surface area contributed by atoms with Gasteiger partial charge in [0, 0.05) is 19.3 Å². The van der Waals surface area contributed by atoms with Crippen LogP contribution in [0.2, 0.25) is 18.1 Å². The molecular formula is C26H36N4O4Si. The Balaban J connectivity index is 1.59. The molecule has 188 valence electrons. The maximum absolute atomic E-state index is 11.8. The minimum Gasteiger partial charge on any atom is -0.460 e. The summed E-state index contributed by atoms with van der Waals surface area (Å²) in [4.78, 5) is 25.6. The number of benzene rings is 1. The molecular weight excluding hydrogens is 460 g/mol. The normalized spacial score (nSPS) is 21.9. The molecule has 0 aliphatic carbocycles. The predicted molar refractivity (Wildman–Crippen MR) is 137 cm³/mol. The van der Waals surface area contributed by atoms with E-state index < -0.39 is 14.4 Å². The number of nitrogens with zero attached hydrogens (tertiary/aromatic N) is 4. The highest BCUT2D eigenvalue weighted by molar-refractivity contribution is 6.74. The van der Waals surface area contributed by atoms with Crippen LogP contribution in [0.4, 0.5) is 0 Å². The van der Waals surface area contributed by atoms with Crippen molar-refractivity contribution in [1.29, 1.82) is 0 Å². The van der Waals surface area contributed by atoms with Crippen LogP contribution in [0.1, 0.15) is 64.4 Å². The Morgan fingerprint density at radius 2 is 1.91 bits per heavy atom. The number of aromatic nitrogens is 4. The third kappa shape index (κ3) is 5.32. The van der Waals surface area contributed by atoms with E-state index in [0.717, 1.165) is 16.8 Å². The maximum Gasteiger partial charge on any atom is 0.302 e. The fourth-order valence-electron chi connectivity index (χ4n) is 4.16. The molecule has 4 atom stereocenters. The number of esters is 1. The van der Waals surface area contributed by atoms with E-state index in [4.69, 9.17) is 13.9 Å². The zero-order valence-electron chi connectivity index (χ0n) is 21.7. The van der Waals surface area contributed by atoms with E-state index in [2.05, 4.69) is 67.9 Å². The molecule has 8 nitrogen and oxygen atoms in total. The minimum atomic E-state index is -1.99.